The van der Waals surface area contributed by atoms with Crippen LogP contribution in [-0.2, 0) is 27.5 Å². The third-order valence-corrected chi connectivity index (χ3v) is 21.4. The summed E-state index contributed by atoms with van der Waals surface area (Å²) in [6, 6.07) is 42.5. The van der Waals surface area contributed by atoms with Crippen molar-refractivity contribution in [3.63, 3.8) is 0 Å². The fraction of sp³-hybridized carbons (Fsp3) is 0.427. The second-order valence-corrected chi connectivity index (χ2v) is 28.1. The summed E-state index contributed by atoms with van der Waals surface area (Å²) < 4.78 is 0. The van der Waals surface area contributed by atoms with Crippen molar-refractivity contribution in [3.05, 3.63) is 161 Å². The third kappa shape index (κ3) is 12.8. The molecule has 18 N–H and O–H groups in total. The van der Waals surface area contributed by atoms with E-state index in [9.17, 15) is 91.0 Å². The molecule has 0 aromatic heterocycles. The number of aliphatic hydroxyl groups excluding tert-OH is 3. The Morgan fingerprint density at radius 1 is 0.323 bits per heavy atom. The van der Waals surface area contributed by atoms with E-state index < -0.39 is 105 Å². The summed E-state index contributed by atoms with van der Waals surface area (Å²) >= 11 is 0. The molecule has 8 aromatic carbocycles. The predicted molar refractivity (Wildman–Crippen MR) is 369 cm³/mol. The Balaban J connectivity index is 0.000000295. The first-order valence-electron chi connectivity index (χ1n) is 31.5. The van der Waals surface area contributed by atoms with Gasteiger partial charge in [0.1, 0.15) is 50.4 Å². The van der Waals surface area contributed by atoms with Gasteiger partial charge in [0, 0.05) is 24.3 Å². The molecule has 0 aliphatic rings. The van der Waals surface area contributed by atoms with E-state index in [4.69, 9.17) is 0 Å². The number of benzene rings is 8. The number of nitrogens with one attached hydrogen (secondary N) is 3. The Hall–Kier alpha value is -7.39. The fourth-order valence-corrected chi connectivity index (χ4v) is 12.3. The maximum absolute atomic E-state index is 13.6. The summed E-state index contributed by atoms with van der Waals surface area (Å²) in [5, 5.41) is 176. The standard InChI is InChI=1S/C44H60N2O12.C31H35NO6/c1-25-11-15-29-19-27(21-45-35(49)39(5,53)43(9,57)41(7,55)37(3,51)23-47)13-17-31(29)33(25)34-26(2)12-16-30-20-28(14-18-32(30)34)22-46-36(50)40(6,54)44(10,58)42(8,56)38(4,52)24-48;1-19-14-15-20-10-6-8-12-22(20)25(19)26-23-13-9-7-11-21(23)16-17-24(26)32-27(34)29(3,36)31(5,38)30(4,37)28(2,35)18-33/h11-20,47-48,51-58H,21-24H2,1-10H3,(H,45,49)(H,46,50);6-17,33,35-38H,18H2,1-5H3,(H,32,34). The predicted octanol–water partition coefficient (Wildman–Crippen LogP) is 5.41. The Bertz CT molecular complexity index is 4100. The number of fused-ring (bicyclic) bond motifs is 4. The van der Waals surface area contributed by atoms with Crippen molar-refractivity contribution in [2.24, 2.45) is 0 Å². The molecule has 0 bridgehead atoms. The zero-order valence-corrected chi connectivity index (χ0v) is 57.2. The van der Waals surface area contributed by atoms with Crippen molar-refractivity contribution in [1.29, 1.82) is 0 Å². The molecule has 0 saturated carbocycles. The molecule has 12 unspecified atom stereocenters. The molecule has 0 saturated heterocycles. The average molecular weight is 1330 g/mol. The lowest BCUT2D eigenvalue weighted by Gasteiger charge is -2.51. The first kappa shape index (κ1) is 76.0. The minimum Gasteiger partial charge on any atom is -0.393 e. The molecule has 0 spiro atoms. The van der Waals surface area contributed by atoms with Crippen molar-refractivity contribution in [2.45, 2.75) is 184 Å². The van der Waals surface area contributed by atoms with Gasteiger partial charge in [0.25, 0.3) is 17.7 Å². The minimum atomic E-state index is -2.60. The van der Waals surface area contributed by atoms with Gasteiger partial charge in [0.15, 0.2) is 16.8 Å². The monoisotopic (exact) mass is 1330 g/mol. The second-order valence-electron chi connectivity index (χ2n) is 28.1. The average Bonchev–Trinajstić information content (AvgIpc) is 0.751. The normalized spacial score (nSPS) is 19.6. The van der Waals surface area contributed by atoms with Crippen molar-refractivity contribution >= 4 is 66.5 Å². The van der Waals surface area contributed by atoms with Crippen LogP contribution in [0.3, 0.4) is 0 Å². The first-order chi connectivity index (χ1) is 44.0. The van der Waals surface area contributed by atoms with Gasteiger partial charge in [-0.3, -0.25) is 14.4 Å². The van der Waals surface area contributed by atoms with Crippen LogP contribution in [0, 0.1) is 20.8 Å². The summed E-state index contributed by atoms with van der Waals surface area (Å²) in [7, 11) is 0. The lowest BCUT2D eigenvalue weighted by Crippen LogP contribution is -2.75. The molecule has 3 amide bonds. The molecule has 518 valence electrons. The van der Waals surface area contributed by atoms with Crippen LogP contribution in [0.4, 0.5) is 5.69 Å². The highest BCUT2D eigenvalue weighted by atomic mass is 16.4. The number of rotatable bonds is 22. The van der Waals surface area contributed by atoms with Gasteiger partial charge in [-0.15, -0.1) is 0 Å². The molecule has 21 nitrogen and oxygen atoms in total. The fourth-order valence-electron chi connectivity index (χ4n) is 12.3. The van der Waals surface area contributed by atoms with E-state index in [0.29, 0.717) is 16.8 Å². The van der Waals surface area contributed by atoms with E-state index in [1.165, 1.54) is 0 Å². The number of carbonyl (C=O) groups excluding carboxylic acids is 3. The molecule has 0 radical (unpaired) electrons. The number of carbonyl (C=O) groups is 3. The third-order valence-electron chi connectivity index (χ3n) is 21.4. The molecular formula is C75H95N3O18. The minimum absolute atomic E-state index is 0.0505. The van der Waals surface area contributed by atoms with Crippen molar-refractivity contribution in [2.75, 3.05) is 25.1 Å². The van der Waals surface area contributed by atoms with Crippen molar-refractivity contribution in [3.8, 4) is 22.3 Å². The van der Waals surface area contributed by atoms with E-state index >= 15 is 0 Å². The molecule has 0 heterocycles. The first-order valence-corrected chi connectivity index (χ1v) is 31.5. The second kappa shape index (κ2) is 26.5. The molecule has 96 heavy (non-hydrogen) atoms. The molecule has 0 aliphatic heterocycles. The van der Waals surface area contributed by atoms with E-state index in [-0.39, 0.29) is 13.1 Å². The van der Waals surface area contributed by atoms with Gasteiger partial charge in [-0.1, -0.05) is 115 Å². The SMILES string of the molecule is Cc1ccc2cc(CNC(=O)C(C)(O)C(C)(O)C(C)(O)C(C)(O)CO)ccc2c1-c1c(C)ccc2cc(CNC(=O)C(C)(O)C(C)(O)C(C)(O)C(C)(O)CO)ccc12.Cc1ccc2ccccc2c1-c1c(NC(=O)C(C)(O)C(C)(O)C(C)(O)C(C)(O)CO)ccc2ccccc12. The Morgan fingerprint density at radius 2 is 0.604 bits per heavy atom. The summed E-state index contributed by atoms with van der Waals surface area (Å²) in [6.07, 6.45) is 0. The van der Waals surface area contributed by atoms with Crippen LogP contribution in [-0.4, -0.2) is 181 Å². The van der Waals surface area contributed by atoms with Crippen LogP contribution in [0.2, 0.25) is 0 Å². The van der Waals surface area contributed by atoms with Crippen molar-refractivity contribution < 1.29 is 91.0 Å². The summed E-state index contributed by atoms with van der Waals surface area (Å²) in [5.41, 5.74) is -21.5. The maximum Gasteiger partial charge on any atom is 0.259 e. The summed E-state index contributed by atoms with van der Waals surface area (Å²) in [4.78, 5) is 40.2. The molecule has 21 heteroatoms. The van der Waals surface area contributed by atoms with Crippen molar-refractivity contribution in [1.82, 2.24) is 10.6 Å². The van der Waals surface area contributed by atoms with E-state index in [1.807, 2.05) is 148 Å². The van der Waals surface area contributed by atoms with Gasteiger partial charge in [0.2, 0.25) is 0 Å². The lowest BCUT2D eigenvalue weighted by atomic mass is 9.66. The molecule has 0 fully saturated rings. The van der Waals surface area contributed by atoms with Gasteiger partial charge >= 0.3 is 0 Å². The zero-order valence-electron chi connectivity index (χ0n) is 57.2. The molecule has 12 atom stereocenters. The summed E-state index contributed by atoms with van der Waals surface area (Å²) in [5.74, 6) is -3.02. The Morgan fingerprint density at radius 3 is 0.948 bits per heavy atom. The van der Waals surface area contributed by atoms with Crippen LogP contribution < -0.4 is 16.0 Å². The smallest absolute Gasteiger partial charge is 0.259 e. The number of aryl methyl sites for hydroxylation is 3. The molecule has 8 rings (SSSR count). The van der Waals surface area contributed by atoms with E-state index in [2.05, 4.69) is 16.0 Å². The number of hydrogen-bond acceptors (Lipinski definition) is 18. The van der Waals surface area contributed by atoms with E-state index in [1.54, 1.807) is 6.07 Å². The highest BCUT2D eigenvalue weighted by molar-refractivity contribution is 6.14. The van der Waals surface area contributed by atoms with E-state index in [0.717, 1.165) is 165 Å². The lowest BCUT2D eigenvalue weighted by molar-refractivity contribution is -0.279. The maximum atomic E-state index is 13.6. The van der Waals surface area contributed by atoms with Crippen LogP contribution in [0.1, 0.15) is 111 Å². The van der Waals surface area contributed by atoms with Gasteiger partial charge in [0.05, 0.1) is 19.8 Å². The van der Waals surface area contributed by atoms with Gasteiger partial charge < -0.3 is 92.5 Å². The number of amides is 3. The van der Waals surface area contributed by atoms with Gasteiger partial charge in [-0.2, -0.15) is 0 Å². The molecule has 8 aromatic rings. The van der Waals surface area contributed by atoms with Crippen LogP contribution in [0.15, 0.2) is 133 Å². The van der Waals surface area contributed by atoms with Crippen LogP contribution in [0.5, 0.6) is 0 Å². The highest BCUT2D eigenvalue weighted by Crippen LogP contribution is 2.47. The molecular weight excluding hydrogens is 1230 g/mol. The number of hydrogen-bond donors (Lipinski definition) is 18. The Labute approximate surface area is 558 Å². The number of aliphatic hydroxyl groups is 15. The molecule has 0 aliphatic carbocycles. The van der Waals surface area contributed by atoms with Crippen LogP contribution in [0.25, 0.3) is 65.3 Å². The topological polar surface area (TPSA) is 391 Å². The largest absolute Gasteiger partial charge is 0.393 e. The van der Waals surface area contributed by atoms with Gasteiger partial charge in [-0.25, -0.2) is 0 Å². The summed E-state index contributed by atoms with van der Waals surface area (Å²) in [6.45, 7) is 15.6. The highest BCUT2D eigenvalue weighted by Gasteiger charge is 2.67. The quantitative estimate of drug-likeness (QED) is 0.0403. The van der Waals surface area contributed by atoms with Gasteiger partial charge in [-0.05, 0) is 210 Å². The van der Waals surface area contributed by atoms with Crippen LogP contribution >= 0.6 is 0 Å². The zero-order chi connectivity index (χ0) is 72.3. The number of anilines is 1. The Kier molecular flexibility index (Phi) is 20.9.